The van der Waals surface area contributed by atoms with Crippen molar-refractivity contribution in [2.75, 3.05) is 0 Å². The molecule has 0 radical (unpaired) electrons. The lowest BCUT2D eigenvalue weighted by atomic mass is 10.0. The summed E-state index contributed by atoms with van der Waals surface area (Å²) in [4.78, 5) is 0. The first kappa shape index (κ1) is 4.43. The minimum Gasteiger partial charge on any atom is -0.327 e. The molecule has 66 valence electrons. The number of benzene rings is 1. The highest BCUT2D eigenvalue weighted by Crippen LogP contribution is 2.04. The van der Waals surface area contributed by atoms with Crippen molar-refractivity contribution in [1.82, 2.24) is 0 Å². The molecular formula is C11H17N. The third kappa shape index (κ3) is 3.05. The summed E-state index contributed by atoms with van der Waals surface area (Å²) >= 11 is 0. The summed E-state index contributed by atoms with van der Waals surface area (Å²) in [5.74, 6) is 0. The van der Waals surface area contributed by atoms with Crippen LogP contribution in [-0.2, 0) is 6.42 Å². The van der Waals surface area contributed by atoms with Crippen LogP contribution in [0, 0.1) is 0 Å². The molecule has 0 saturated carbocycles. The Hall–Kier alpha value is -0.820. The second-order valence-electron chi connectivity index (χ2n) is 2.64. The van der Waals surface area contributed by atoms with Gasteiger partial charge < -0.3 is 5.72 Å². The molecule has 1 atom stereocenters. The molecule has 1 heteroatoms. The summed E-state index contributed by atoms with van der Waals surface area (Å²) in [5.41, 5.74) is 0.924. The molecule has 1 aromatic rings. The van der Waals surface area contributed by atoms with Crippen LogP contribution in [0.1, 0.15) is 29.4 Å². The average Bonchev–Trinajstić information content (AvgIpc) is 2.29. The zero-order valence-electron chi connectivity index (χ0n) is 12.2. The van der Waals surface area contributed by atoms with Gasteiger partial charge in [-0.1, -0.05) is 43.7 Å². The maximum absolute atomic E-state index is 8.09. The van der Waals surface area contributed by atoms with Crippen molar-refractivity contribution >= 4 is 0 Å². The lowest BCUT2D eigenvalue weighted by Crippen LogP contribution is -2.22. The van der Waals surface area contributed by atoms with Gasteiger partial charge in [0, 0.05) is 10.1 Å². The molecule has 0 saturated heterocycles. The van der Waals surface area contributed by atoms with E-state index < -0.39 is 12.4 Å². The predicted molar refractivity (Wildman–Crippen MR) is 53.0 cm³/mol. The first-order valence-corrected chi connectivity index (χ1v) is 4.15. The van der Waals surface area contributed by atoms with Gasteiger partial charge >= 0.3 is 0 Å². The van der Waals surface area contributed by atoms with Gasteiger partial charge in [-0.25, -0.2) is 0 Å². The maximum Gasteiger partial charge on any atom is 0.119 e. The largest absolute Gasteiger partial charge is 0.327 e. The highest BCUT2D eigenvalue weighted by molar-refractivity contribution is 5.15. The molecule has 1 aromatic carbocycles. The Morgan fingerprint density at radius 2 is 2.33 bits per heavy atom. The van der Waals surface area contributed by atoms with Crippen LogP contribution >= 0.6 is 0 Å². The molecule has 0 amide bonds. The normalized spacial score (nSPS) is 23.0. The van der Waals surface area contributed by atoms with Crippen LogP contribution in [-0.4, -0.2) is 6.02 Å². The molecule has 0 aliphatic carbocycles. The van der Waals surface area contributed by atoms with Crippen molar-refractivity contribution in [3.05, 3.63) is 35.9 Å². The van der Waals surface area contributed by atoms with Gasteiger partial charge in [-0.05, 0) is 18.4 Å². The number of hydrogen-bond donors (Lipinski definition) is 1. The van der Waals surface area contributed by atoms with Crippen LogP contribution in [0.3, 0.4) is 0 Å². The van der Waals surface area contributed by atoms with Crippen molar-refractivity contribution in [3.8, 4) is 0 Å². The van der Waals surface area contributed by atoms with E-state index in [0.717, 1.165) is 5.56 Å². The van der Waals surface area contributed by atoms with Gasteiger partial charge in [0.2, 0.25) is 0 Å². The van der Waals surface area contributed by atoms with Crippen molar-refractivity contribution in [1.29, 1.82) is 0 Å². The lowest BCUT2D eigenvalue weighted by molar-refractivity contribution is 0.600. The molecule has 2 N–H and O–H groups in total. The highest BCUT2D eigenvalue weighted by atomic mass is 14.6. The summed E-state index contributed by atoms with van der Waals surface area (Å²) in [6.07, 6.45) is -1.80. The molecule has 0 aliphatic rings. The van der Waals surface area contributed by atoms with E-state index in [1.165, 1.54) is 0 Å². The molecule has 1 rings (SSSR count). The van der Waals surface area contributed by atoms with Gasteiger partial charge in [-0.3, -0.25) is 0 Å². The SMILES string of the molecule is [2H]N([2H])C([2H])(Cc1ccccc1)C([2H])([2H])CC. The first-order chi connectivity index (χ1) is 7.83. The highest BCUT2D eigenvalue weighted by Gasteiger charge is 2.00. The van der Waals surface area contributed by atoms with E-state index in [1.54, 1.807) is 31.2 Å². The van der Waals surface area contributed by atoms with Crippen molar-refractivity contribution in [2.24, 2.45) is 5.72 Å². The van der Waals surface area contributed by atoms with Crippen molar-refractivity contribution in [3.63, 3.8) is 0 Å². The number of rotatable bonds is 5. The molecule has 0 fully saturated rings. The second-order valence-corrected chi connectivity index (χ2v) is 2.64. The van der Waals surface area contributed by atoms with Gasteiger partial charge in [-0.15, -0.1) is 0 Å². The van der Waals surface area contributed by atoms with Gasteiger partial charge in [0.05, 0.1) is 0 Å². The number of hydrogen-bond acceptors (Lipinski definition) is 1. The minimum atomic E-state index is -1.91. The Morgan fingerprint density at radius 3 is 2.92 bits per heavy atom. The van der Waals surface area contributed by atoms with E-state index in [2.05, 4.69) is 0 Å². The fourth-order valence-corrected chi connectivity index (χ4v) is 1.06. The zero-order chi connectivity index (χ0) is 13.1. The van der Waals surface area contributed by atoms with Gasteiger partial charge in [0.25, 0.3) is 0 Å². The summed E-state index contributed by atoms with van der Waals surface area (Å²) in [6.45, 7) is 1.62. The van der Waals surface area contributed by atoms with Crippen molar-refractivity contribution in [2.45, 2.75) is 32.2 Å². The summed E-state index contributed by atoms with van der Waals surface area (Å²) in [7, 11) is 0. The average molecular weight is 168 g/mol. The topological polar surface area (TPSA) is 26.0 Å². The monoisotopic (exact) mass is 168 g/mol. The van der Waals surface area contributed by atoms with Crippen LogP contribution < -0.4 is 5.72 Å². The molecule has 0 bridgehead atoms. The summed E-state index contributed by atoms with van der Waals surface area (Å²) in [5, 5.41) is 0. The maximum atomic E-state index is 8.09. The van der Waals surface area contributed by atoms with E-state index in [1.807, 2.05) is 6.07 Å². The fourth-order valence-electron chi connectivity index (χ4n) is 1.06. The summed E-state index contributed by atoms with van der Waals surface area (Å²) < 4.78 is 38.3. The first-order valence-electron chi connectivity index (χ1n) is 6.55. The molecule has 12 heavy (non-hydrogen) atoms. The van der Waals surface area contributed by atoms with E-state index in [-0.39, 0.29) is 18.6 Å². The Balaban J connectivity index is 3.02. The van der Waals surface area contributed by atoms with E-state index in [9.17, 15) is 0 Å². The molecule has 0 aliphatic heterocycles. The smallest absolute Gasteiger partial charge is 0.119 e. The van der Waals surface area contributed by atoms with Gasteiger partial charge in [0.1, 0.15) is 2.82 Å². The molecule has 0 spiro atoms. The Bertz CT molecular complexity index is 354. The van der Waals surface area contributed by atoms with Gasteiger partial charge in [-0.2, -0.15) is 0 Å². The molecule has 1 nitrogen and oxygen atoms in total. The molecule has 1 unspecified atom stereocenters. The van der Waals surface area contributed by atoms with Crippen LogP contribution in [0.15, 0.2) is 30.3 Å². The van der Waals surface area contributed by atoms with Crippen LogP contribution in [0.4, 0.5) is 0 Å². The quantitative estimate of drug-likeness (QED) is 0.717. The standard InChI is InChI=1S/C11H17N/c1-2-6-11(12)9-10-7-4-3-5-8-10/h3-5,7-8,11H,2,6,9,12H2,1H3/i6D2,11D/hD2. The van der Waals surface area contributed by atoms with E-state index in [0.29, 0.717) is 0 Å². The Morgan fingerprint density at radius 1 is 1.58 bits per heavy atom. The van der Waals surface area contributed by atoms with E-state index >= 15 is 0 Å². The zero-order valence-corrected chi connectivity index (χ0v) is 7.25. The van der Waals surface area contributed by atoms with Crippen LogP contribution in [0.5, 0.6) is 0 Å². The Labute approximate surface area is 81.7 Å². The third-order valence-electron chi connectivity index (χ3n) is 1.60. The third-order valence-corrected chi connectivity index (χ3v) is 1.60. The lowest BCUT2D eigenvalue weighted by Gasteiger charge is -2.09. The van der Waals surface area contributed by atoms with Crippen LogP contribution in [0.25, 0.3) is 0 Å². The van der Waals surface area contributed by atoms with Gasteiger partial charge in [0.15, 0.2) is 0 Å². The number of nitrogens with two attached hydrogens (primary N) is 1. The molecule has 0 heterocycles. The van der Waals surface area contributed by atoms with E-state index in [4.69, 9.17) is 6.94 Å². The molecule has 0 aromatic heterocycles. The Kier molecular flexibility index (Phi) is 1.82. The summed E-state index contributed by atoms with van der Waals surface area (Å²) in [6, 6.07) is 7.09. The minimum absolute atomic E-state index is 0.0156. The fraction of sp³-hybridized carbons (Fsp3) is 0.455. The van der Waals surface area contributed by atoms with Crippen LogP contribution in [0.2, 0.25) is 2.82 Å². The predicted octanol–water partition coefficient (Wildman–Crippen LogP) is 2.36. The molecular weight excluding hydrogens is 146 g/mol. The van der Waals surface area contributed by atoms with Crippen molar-refractivity contribution < 1.29 is 6.94 Å². The second kappa shape index (κ2) is 4.94.